The summed E-state index contributed by atoms with van der Waals surface area (Å²) >= 11 is 0. The third-order valence-electron chi connectivity index (χ3n) is 3.94. The number of aliphatic carboxylic acids is 1. The molecule has 6 nitrogen and oxygen atoms in total. The molecule has 0 aliphatic carbocycles. The molecule has 0 unspecified atom stereocenters. The lowest BCUT2D eigenvalue weighted by molar-refractivity contribution is -0.141. The molecule has 0 bridgehead atoms. The number of nitrogens with one attached hydrogen (secondary N) is 1. The van der Waals surface area contributed by atoms with Crippen LogP contribution in [0.4, 0.5) is 0 Å². The maximum absolute atomic E-state index is 12.2. The van der Waals surface area contributed by atoms with E-state index in [-0.39, 0.29) is 23.5 Å². The van der Waals surface area contributed by atoms with Crippen LogP contribution in [0.15, 0.2) is 59.5 Å². The van der Waals surface area contributed by atoms with Gasteiger partial charge in [0.15, 0.2) is 9.84 Å². The first-order valence-corrected chi connectivity index (χ1v) is 9.85. The zero-order chi connectivity index (χ0) is 19.2. The Labute approximate surface area is 152 Å². The summed E-state index contributed by atoms with van der Waals surface area (Å²) in [5, 5.41) is 11.8. The molecule has 2 aromatic carbocycles. The maximum atomic E-state index is 12.2. The summed E-state index contributed by atoms with van der Waals surface area (Å²) in [4.78, 5) is 23.8. The summed E-state index contributed by atoms with van der Waals surface area (Å²) in [6.45, 7) is 1.56. The molecule has 0 radical (unpaired) electrons. The first kappa shape index (κ1) is 19.7. The number of carbonyl (C=O) groups is 2. The number of benzene rings is 2. The highest BCUT2D eigenvalue weighted by Crippen LogP contribution is 2.13. The molecule has 2 aromatic rings. The van der Waals surface area contributed by atoms with Crippen molar-refractivity contribution in [2.24, 2.45) is 0 Å². The predicted octanol–water partition coefficient (Wildman–Crippen LogP) is 1.83. The van der Waals surface area contributed by atoms with E-state index >= 15 is 0 Å². The second-order valence-corrected chi connectivity index (χ2v) is 8.15. The van der Waals surface area contributed by atoms with Gasteiger partial charge < -0.3 is 10.4 Å². The normalized spacial score (nSPS) is 12.3. The standard InChI is InChI=1S/C19H21NO5S/c1-2-26(24,25)16-10-8-15(9-11-16)13-18(21)20-17(19(22)23)12-14-6-4-3-5-7-14/h3-11,17H,2,12-13H2,1H3,(H,20,21)(H,22,23)/t17-/m0/s1. The topological polar surface area (TPSA) is 101 Å². The fourth-order valence-electron chi connectivity index (χ4n) is 2.46. The van der Waals surface area contributed by atoms with Crippen LogP contribution >= 0.6 is 0 Å². The number of sulfone groups is 1. The molecule has 1 amide bonds. The molecule has 26 heavy (non-hydrogen) atoms. The van der Waals surface area contributed by atoms with Crippen molar-refractivity contribution in [2.75, 3.05) is 5.75 Å². The van der Waals surface area contributed by atoms with Crippen LogP contribution < -0.4 is 5.32 Å². The van der Waals surface area contributed by atoms with Crippen LogP contribution in [0.2, 0.25) is 0 Å². The zero-order valence-corrected chi connectivity index (χ0v) is 15.2. The van der Waals surface area contributed by atoms with Gasteiger partial charge in [-0.1, -0.05) is 49.4 Å². The van der Waals surface area contributed by atoms with Gasteiger partial charge in [-0.05, 0) is 23.3 Å². The molecule has 0 saturated carbocycles. The summed E-state index contributed by atoms with van der Waals surface area (Å²) in [5.41, 5.74) is 1.43. The van der Waals surface area contributed by atoms with Crippen molar-refractivity contribution < 1.29 is 23.1 Å². The predicted molar refractivity (Wildman–Crippen MR) is 97.6 cm³/mol. The van der Waals surface area contributed by atoms with E-state index in [0.29, 0.717) is 5.56 Å². The zero-order valence-electron chi connectivity index (χ0n) is 14.4. The Morgan fingerprint density at radius 3 is 2.15 bits per heavy atom. The molecule has 0 fully saturated rings. The van der Waals surface area contributed by atoms with Gasteiger partial charge in [-0.15, -0.1) is 0 Å². The maximum Gasteiger partial charge on any atom is 0.326 e. The number of amides is 1. The fourth-order valence-corrected chi connectivity index (χ4v) is 3.35. The quantitative estimate of drug-likeness (QED) is 0.733. The molecule has 2 N–H and O–H groups in total. The van der Waals surface area contributed by atoms with Gasteiger partial charge in [0, 0.05) is 6.42 Å². The number of carboxylic acid groups (broad SMARTS) is 1. The second kappa shape index (κ2) is 8.62. The Kier molecular flexibility index (Phi) is 6.52. The van der Waals surface area contributed by atoms with Crippen LogP contribution in [0.5, 0.6) is 0 Å². The van der Waals surface area contributed by atoms with Crippen LogP contribution in [0, 0.1) is 0 Å². The van der Waals surface area contributed by atoms with Crippen molar-refractivity contribution in [3.63, 3.8) is 0 Å². The van der Waals surface area contributed by atoms with Gasteiger partial charge in [0.05, 0.1) is 17.1 Å². The first-order chi connectivity index (χ1) is 12.3. The Balaban J connectivity index is 2.01. The molecular formula is C19H21NO5S. The van der Waals surface area contributed by atoms with E-state index in [4.69, 9.17) is 0 Å². The van der Waals surface area contributed by atoms with E-state index in [2.05, 4.69) is 5.32 Å². The monoisotopic (exact) mass is 375 g/mol. The Bertz CT molecular complexity index is 861. The summed E-state index contributed by atoms with van der Waals surface area (Å²) < 4.78 is 23.6. The van der Waals surface area contributed by atoms with E-state index in [0.717, 1.165) is 5.56 Å². The smallest absolute Gasteiger partial charge is 0.326 e. The van der Waals surface area contributed by atoms with E-state index in [1.54, 1.807) is 31.2 Å². The molecule has 2 rings (SSSR count). The van der Waals surface area contributed by atoms with E-state index in [9.17, 15) is 23.1 Å². The average Bonchev–Trinajstić information content (AvgIpc) is 2.62. The molecular weight excluding hydrogens is 354 g/mol. The largest absolute Gasteiger partial charge is 0.480 e. The summed E-state index contributed by atoms with van der Waals surface area (Å²) in [5.74, 6) is -1.53. The minimum atomic E-state index is -3.29. The Morgan fingerprint density at radius 2 is 1.62 bits per heavy atom. The number of carboxylic acids is 1. The molecule has 0 aliphatic heterocycles. The molecule has 0 aromatic heterocycles. The number of hydrogen-bond acceptors (Lipinski definition) is 4. The van der Waals surface area contributed by atoms with E-state index in [1.807, 2.05) is 18.2 Å². The van der Waals surface area contributed by atoms with Crippen molar-refractivity contribution >= 4 is 21.7 Å². The molecule has 7 heteroatoms. The molecule has 0 aliphatic rings. The highest BCUT2D eigenvalue weighted by Gasteiger charge is 2.20. The molecule has 0 heterocycles. The van der Waals surface area contributed by atoms with Crippen molar-refractivity contribution in [3.05, 3.63) is 65.7 Å². The minimum Gasteiger partial charge on any atom is -0.480 e. The lowest BCUT2D eigenvalue weighted by Crippen LogP contribution is -2.43. The van der Waals surface area contributed by atoms with Crippen molar-refractivity contribution in [2.45, 2.75) is 30.7 Å². The van der Waals surface area contributed by atoms with Gasteiger partial charge in [-0.2, -0.15) is 0 Å². The molecule has 138 valence electrons. The van der Waals surface area contributed by atoms with Crippen LogP contribution in [0.25, 0.3) is 0 Å². The summed E-state index contributed by atoms with van der Waals surface area (Å²) in [6.07, 6.45) is 0.167. The highest BCUT2D eigenvalue weighted by atomic mass is 32.2. The van der Waals surface area contributed by atoms with E-state index < -0.39 is 27.8 Å². The van der Waals surface area contributed by atoms with Crippen molar-refractivity contribution in [1.82, 2.24) is 5.32 Å². The van der Waals surface area contributed by atoms with Crippen LogP contribution in [-0.4, -0.2) is 37.2 Å². The fraction of sp³-hybridized carbons (Fsp3) is 0.263. The van der Waals surface area contributed by atoms with Gasteiger partial charge in [0.1, 0.15) is 6.04 Å². The number of carbonyl (C=O) groups excluding carboxylic acids is 1. The highest BCUT2D eigenvalue weighted by molar-refractivity contribution is 7.91. The first-order valence-electron chi connectivity index (χ1n) is 8.19. The van der Waals surface area contributed by atoms with Crippen LogP contribution in [0.1, 0.15) is 18.1 Å². The van der Waals surface area contributed by atoms with Gasteiger partial charge >= 0.3 is 5.97 Å². The lowest BCUT2D eigenvalue weighted by atomic mass is 10.1. The third kappa shape index (κ3) is 5.42. The van der Waals surface area contributed by atoms with Gasteiger partial charge in [0.2, 0.25) is 5.91 Å². The third-order valence-corrected chi connectivity index (χ3v) is 5.69. The van der Waals surface area contributed by atoms with E-state index in [1.165, 1.54) is 12.1 Å². The average molecular weight is 375 g/mol. The summed E-state index contributed by atoms with van der Waals surface area (Å²) in [6, 6.07) is 14.1. The van der Waals surface area contributed by atoms with Crippen molar-refractivity contribution in [1.29, 1.82) is 0 Å². The lowest BCUT2D eigenvalue weighted by Gasteiger charge is -2.15. The Morgan fingerprint density at radius 1 is 1.00 bits per heavy atom. The molecule has 0 saturated heterocycles. The van der Waals surface area contributed by atoms with Crippen LogP contribution in [-0.2, 0) is 32.3 Å². The van der Waals surface area contributed by atoms with Gasteiger partial charge in [-0.25, -0.2) is 13.2 Å². The molecule has 0 spiro atoms. The summed E-state index contributed by atoms with van der Waals surface area (Å²) in [7, 11) is -3.29. The number of hydrogen-bond donors (Lipinski definition) is 2. The van der Waals surface area contributed by atoms with Crippen LogP contribution in [0.3, 0.4) is 0 Å². The Hall–Kier alpha value is -2.67. The minimum absolute atomic E-state index is 0.00656. The SMILES string of the molecule is CCS(=O)(=O)c1ccc(CC(=O)N[C@@H](Cc2ccccc2)C(=O)O)cc1. The van der Waals surface area contributed by atoms with Crippen molar-refractivity contribution in [3.8, 4) is 0 Å². The van der Waals surface area contributed by atoms with Gasteiger partial charge in [-0.3, -0.25) is 4.79 Å². The van der Waals surface area contributed by atoms with Gasteiger partial charge in [0.25, 0.3) is 0 Å². The second-order valence-electron chi connectivity index (χ2n) is 5.87. The molecule has 1 atom stereocenters. The number of rotatable bonds is 8.